The van der Waals surface area contributed by atoms with Crippen LogP contribution in [0, 0.1) is 0 Å². The lowest BCUT2D eigenvalue weighted by Crippen LogP contribution is -2.36. The molecule has 138 valence electrons. The van der Waals surface area contributed by atoms with E-state index in [-0.39, 0.29) is 16.7 Å². The summed E-state index contributed by atoms with van der Waals surface area (Å²) in [5, 5.41) is 9.82. The Morgan fingerprint density at radius 2 is 1.77 bits per heavy atom. The zero-order valence-electron chi connectivity index (χ0n) is 14.2. The van der Waals surface area contributed by atoms with E-state index >= 15 is 0 Å². The van der Waals surface area contributed by atoms with Crippen molar-refractivity contribution >= 4 is 37.9 Å². The van der Waals surface area contributed by atoms with Crippen LogP contribution in [0.5, 0.6) is 5.75 Å². The molecule has 1 saturated carbocycles. The van der Waals surface area contributed by atoms with Crippen molar-refractivity contribution in [3.63, 3.8) is 0 Å². The summed E-state index contributed by atoms with van der Waals surface area (Å²) in [6.45, 7) is 0. The molecule has 2 N–H and O–H groups in total. The van der Waals surface area contributed by atoms with Gasteiger partial charge in [0.15, 0.2) is 0 Å². The number of aliphatic imine (C=N–C) groups is 1. The minimum atomic E-state index is -3.50. The van der Waals surface area contributed by atoms with Gasteiger partial charge in [0, 0.05) is 22.3 Å². The van der Waals surface area contributed by atoms with Gasteiger partial charge in [0.25, 0.3) is 0 Å². The van der Waals surface area contributed by atoms with Crippen molar-refractivity contribution in [3.05, 3.63) is 52.5 Å². The van der Waals surface area contributed by atoms with E-state index in [9.17, 15) is 13.5 Å². The van der Waals surface area contributed by atoms with Crippen LogP contribution >= 0.6 is 15.9 Å². The molecule has 0 amide bonds. The third-order valence-corrected chi connectivity index (χ3v) is 6.45. The maximum atomic E-state index is 12.5. The predicted octanol–water partition coefficient (Wildman–Crippen LogP) is 4.52. The van der Waals surface area contributed by atoms with Gasteiger partial charge in [-0.1, -0.05) is 35.2 Å². The van der Waals surface area contributed by atoms with Crippen molar-refractivity contribution < 1.29 is 13.5 Å². The average Bonchev–Trinajstić information content (AvgIpc) is 2.63. The fourth-order valence-corrected chi connectivity index (χ4v) is 4.68. The minimum Gasteiger partial charge on any atom is -0.507 e. The number of nitrogens with zero attached hydrogens (tertiary/aromatic N) is 1. The van der Waals surface area contributed by atoms with Gasteiger partial charge < -0.3 is 5.11 Å². The summed E-state index contributed by atoms with van der Waals surface area (Å²) >= 11 is 3.35. The average molecular weight is 437 g/mol. The molecule has 0 aliphatic heterocycles. The van der Waals surface area contributed by atoms with Gasteiger partial charge in [0.05, 0.1) is 10.6 Å². The van der Waals surface area contributed by atoms with Crippen LogP contribution in [-0.4, -0.2) is 25.8 Å². The second kappa shape index (κ2) is 8.33. The fourth-order valence-electron chi connectivity index (χ4n) is 2.99. The summed E-state index contributed by atoms with van der Waals surface area (Å²) < 4.78 is 28.6. The second-order valence-electron chi connectivity index (χ2n) is 6.41. The highest BCUT2D eigenvalue weighted by atomic mass is 79.9. The molecule has 0 aromatic heterocycles. The first-order valence-electron chi connectivity index (χ1n) is 8.59. The van der Waals surface area contributed by atoms with Crippen LogP contribution in [0.1, 0.15) is 37.7 Å². The van der Waals surface area contributed by atoms with Gasteiger partial charge in [0.1, 0.15) is 5.75 Å². The van der Waals surface area contributed by atoms with Crippen LogP contribution in [0.15, 0.2) is 56.8 Å². The van der Waals surface area contributed by atoms with E-state index in [4.69, 9.17) is 0 Å². The Morgan fingerprint density at radius 1 is 1.08 bits per heavy atom. The van der Waals surface area contributed by atoms with Gasteiger partial charge >= 0.3 is 0 Å². The van der Waals surface area contributed by atoms with Crippen molar-refractivity contribution in [2.75, 3.05) is 0 Å². The highest BCUT2D eigenvalue weighted by molar-refractivity contribution is 9.10. The van der Waals surface area contributed by atoms with E-state index in [0.29, 0.717) is 11.3 Å². The summed E-state index contributed by atoms with van der Waals surface area (Å²) in [6, 6.07) is 11.5. The highest BCUT2D eigenvalue weighted by Gasteiger charge is 2.21. The van der Waals surface area contributed by atoms with Crippen LogP contribution in [-0.2, 0) is 10.0 Å². The molecule has 1 aliphatic carbocycles. The number of nitrogens with one attached hydrogen (secondary N) is 1. The number of hydrogen-bond donors (Lipinski definition) is 2. The van der Waals surface area contributed by atoms with E-state index in [1.54, 1.807) is 48.7 Å². The van der Waals surface area contributed by atoms with Crippen molar-refractivity contribution in [2.24, 2.45) is 4.99 Å². The van der Waals surface area contributed by atoms with E-state index in [2.05, 4.69) is 25.6 Å². The Bertz CT molecular complexity index is 890. The first-order valence-corrected chi connectivity index (χ1v) is 10.9. The molecule has 7 heteroatoms. The molecule has 0 heterocycles. The van der Waals surface area contributed by atoms with Crippen molar-refractivity contribution in [3.8, 4) is 5.75 Å². The smallest absolute Gasteiger partial charge is 0.240 e. The zero-order valence-corrected chi connectivity index (χ0v) is 16.6. The molecule has 0 bridgehead atoms. The van der Waals surface area contributed by atoms with Crippen LogP contribution < -0.4 is 4.72 Å². The normalized spacial score (nSPS) is 16.2. The van der Waals surface area contributed by atoms with Crippen molar-refractivity contribution in [1.29, 1.82) is 0 Å². The third-order valence-electron chi connectivity index (χ3n) is 4.42. The molecule has 0 radical (unpaired) electrons. The summed E-state index contributed by atoms with van der Waals surface area (Å²) in [7, 11) is -3.50. The van der Waals surface area contributed by atoms with E-state index in [0.717, 1.165) is 30.2 Å². The van der Waals surface area contributed by atoms with Gasteiger partial charge in [-0.2, -0.15) is 0 Å². The lowest BCUT2D eigenvalue weighted by atomic mass is 9.96. The Morgan fingerprint density at radius 3 is 2.46 bits per heavy atom. The Hall–Kier alpha value is -1.70. The topological polar surface area (TPSA) is 78.8 Å². The molecule has 2 aromatic rings. The molecule has 1 fully saturated rings. The molecular weight excluding hydrogens is 416 g/mol. The number of benzene rings is 2. The van der Waals surface area contributed by atoms with Crippen LogP contribution in [0.3, 0.4) is 0 Å². The number of sulfonamides is 1. The molecule has 0 atom stereocenters. The Labute approximate surface area is 162 Å². The summed E-state index contributed by atoms with van der Waals surface area (Å²) in [6.07, 6.45) is 6.67. The van der Waals surface area contributed by atoms with E-state index < -0.39 is 10.0 Å². The van der Waals surface area contributed by atoms with Crippen LogP contribution in [0.4, 0.5) is 5.69 Å². The summed E-state index contributed by atoms with van der Waals surface area (Å²) in [5.41, 5.74) is 1.19. The molecule has 26 heavy (non-hydrogen) atoms. The van der Waals surface area contributed by atoms with E-state index in [1.165, 1.54) is 6.42 Å². The number of hydrogen-bond acceptors (Lipinski definition) is 4. The van der Waals surface area contributed by atoms with Gasteiger partial charge in [-0.15, -0.1) is 0 Å². The maximum Gasteiger partial charge on any atom is 0.240 e. The quantitative estimate of drug-likeness (QED) is 0.676. The molecule has 0 unspecified atom stereocenters. The van der Waals surface area contributed by atoms with Gasteiger partial charge in [-0.25, -0.2) is 13.1 Å². The first kappa shape index (κ1) is 19.1. The van der Waals surface area contributed by atoms with Crippen LogP contribution in [0.25, 0.3) is 0 Å². The maximum absolute atomic E-state index is 12.5. The molecule has 1 aliphatic rings. The van der Waals surface area contributed by atoms with Gasteiger partial charge in [-0.3, -0.25) is 4.99 Å². The fraction of sp³-hybridized carbons (Fsp3) is 0.316. The highest BCUT2D eigenvalue weighted by Crippen LogP contribution is 2.23. The lowest BCUT2D eigenvalue weighted by Gasteiger charge is -2.22. The number of phenolic OH excluding ortho intramolecular Hbond substituents is 1. The summed E-state index contributed by atoms with van der Waals surface area (Å²) in [5.74, 6) is 0.132. The molecule has 5 nitrogen and oxygen atoms in total. The number of phenols is 1. The standard InChI is InChI=1S/C19H21BrN2O3S/c20-15-6-11-19(23)14(12-15)13-21-16-7-9-18(10-8-16)26(24,25)22-17-4-2-1-3-5-17/h6-13,17,22-23H,1-5H2. The van der Waals surface area contributed by atoms with Gasteiger partial charge in [-0.05, 0) is 55.3 Å². The number of aromatic hydroxyl groups is 1. The zero-order chi connectivity index (χ0) is 18.6. The first-order chi connectivity index (χ1) is 12.4. The third kappa shape index (κ3) is 4.93. The van der Waals surface area contributed by atoms with Crippen LogP contribution in [0.2, 0.25) is 0 Å². The molecule has 3 rings (SSSR count). The van der Waals surface area contributed by atoms with E-state index in [1.807, 2.05) is 0 Å². The number of rotatable bonds is 5. The predicted molar refractivity (Wildman–Crippen MR) is 107 cm³/mol. The largest absolute Gasteiger partial charge is 0.507 e. The summed E-state index contributed by atoms with van der Waals surface area (Å²) in [4.78, 5) is 4.54. The Kier molecular flexibility index (Phi) is 6.11. The molecule has 0 spiro atoms. The SMILES string of the molecule is O=S(=O)(NC1CCCCC1)c1ccc(N=Cc2cc(Br)ccc2O)cc1. The van der Waals surface area contributed by atoms with Gasteiger partial charge in [0.2, 0.25) is 10.0 Å². The minimum absolute atomic E-state index is 0.0333. The van der Waals surface area contributed by atoms with Crippen molar-refractivity contribution in [2.45, 2.75) is 43.0 Å². The molecule has 2 aromatic carbocycles. The number of halogens is 1. The lowest BCUT2D eigenvalue weighted by molar-refractivity contribution is 0.412. The second-order valence-corrected chi connectivity index (χ2v) is 9.04. The monoisotopic (exact) mass is 436 g/mol. The molecule has 0 saturated heterocycles. The van der Waals surface area contributed by atoms with Crippen molar-refractivity contribution in [1.82, 2.24) is 4.72 Å². The molecular formula is C19H21BrN2O3S. The Balaban J connectivity index is 1.71.